The molecule has 4 nitrogen and oxygen atoms in total. The van der Waals surface area contributed by atoms with Crippen LogP contribution in [-0.4, -0.2) is 35.5 Å². The first-order valence-corrected chi connectivity index (χ1v) is 7.56. The molecule has 1 fully saturated rings. The monoisotopic (exact) mass is 290 g/mol. The number of morpholine rings is 1. The van der Waals surface area contributed by atoms with E-state index in [1.54, 1.807) is 0 Å². The van der Waals surface area contributed by atoms with E-state index in [9.17, 15) is 4.79 Å². The highest BCUT2D eigenvalue weighted by atomic mass is 16.5. The Hall–Kier alpha value is -1.39. The molecule has 1 saturated heterocycles. The molecule has 0 saturated carbocycles. The van der Waals surface area contributed by atoms with Crippen molar-refractivity contribution in [3.63, 3.8) is 0 Å². The fourth-order valence-corrected chi connectivity index (χ4v) is 2.58. The Morgan fingerprint density at radius 2 is 1.95 bits per heavy atom. The van der Waals surface area contributed by atoms with Crippen LogP contribution in [0.5, 0.6) is 0 Å². The summed E-state index contributed by atoms with van der Waals surface area (Å²) in [6.45, 7) is 8.97. The SMILES string of the molecule is CC(N)C(C)C(=O)N1CC(c2ccccc2)OCC1(C)C. The smallest absolute Gasteiger partial charge is 0.227 e. The molecule has 0 bridgehead atoms. The molecule has 0 spiro atoms. The van der Waals surface area contributed by atoms with E-state index in [0.29, 0.717) is 13.2 Å². The number of benzene rings is 1. The zero-order chi connectivity index (χ0) is 15.6. The molecule has 1 heterocycles. The topological polar surface area (TPSA) is 55.6 Å². The van der Waals surface area contributed by atoms with Gasteiger partial charge in [0.25, 0.3) is 0 Å². The number of carbonyl (C=O) groups is 1. The molecule has 2 N–H and O–H groups in total. The number of nitrogens with two attached hydrogens (primary N) is 1. The molecule has 2 rings (SSSR count). The Labute approximate surface area is 127 Å². The van der Waals surface area contributed by atoms with Crippen molar-refractivity contribution >= 4 is 5.91 Å². The number of rotatable bonds is 3. The fraction of sp³-hybridized carbons (Fsp3) is 0.588. The minimum atomic E-state index is -0.300. The molecule has 1 amide bonds. The second-order valence-corrected chi connectivity index (χ2v) is 6.62. The van der Waals surface area contributed by atoms with Gasteiger partial charge >= 0.3 is 0 Å². The van der Waals surface area contributed by atoms with E-state index in [4.69, 9.17) is 10.5 Å². The third kappa shape index (κ3) is 3.44. The molecule has 4 heteroatoms. The van der Waals surface area contributed by atoms with Crippen molar-refractivity contribution < 1.29 is 9.53 Å². The van der Waals surface area contributed by atoms with Crippen LogP contribution in [0, 0.1) is 5.92 Å². The van der Waals surface area contributed by atoms with Crippen molar-refractivity contribution in [2.45, 2.75) is 45.4 Å². The number of nitrogens with zero attached hydrogens (tertiary/aromatic N) is 1. The predicted molar refractivity (Wildman–Crippen MR) is 83.7 cm³/mol. The highest BCUT2D eigenvalue weighted by Crippen LogP contribution is 2.31. The standard InChI is InChI=1S/C17H26N2O2/c1-12(13(2)18)16(20)19-10-15(21-11-17(19,3)4)14-8-6-5-7-9-14/h5-9,12-13,15H,10-11,18H2,1-4H3. The van der Waals surface area contributed by atoms with Gasteiger partial charge in [0.1, 0.15) is 6.10 Å². The van der Waals surface area contributed by atoms with Crippen LogP contribution < -0.4 is 5.73 Å². The summed E-state index contributed by atoms with van der Waals surface area (Å²) < 4.78 is 5.97. The van der Waals surface area contributed by atoms with Gasteiger partial charge in [-0.2, -0.15) is 0 Å². The Bertz CT molecular complexity index is 485. The molecule has 0 aliphatic carbocycles. The predicted octanol–water partition coefficient (Wildman–Crippen LogP) is 2.35. The average molecular weight is 290 g/mol. The average Bonchev–Trinajstić information content (AvgIpc) is 2.46. The van der Waals surface area contributed by atoms with E-state index >= 15 is 0 Å². The zero-order valence-electron chi connectivity index (χ0n) is 13.4. The molecule has 0 radical (unpaired) electrons. The van der Waals surface area contributed by atoms with Gasteiger partial charge in [0.05, 0.1) is 24.6 Å². The third-order valence-electron chi connectivity index (χ3n) is 4.33. The van der Waals surface area contributed by atoms with E-state index in [1.807, 2.05) is 62.9 Å². The molecular weight excluding hydrogens is 264 g/mol. The molecule has 116 valence electrons. The molecule has 3 unspecified atom stereocenters. The van der Waals surface area contributed by atoms with Gasteiger partial charge in [-0.25, -0.2) is 0 Å². The number of carbonyl (C=O) groups excluding carboxylic acids is 1. The van der Waals surface area contributed by atoms with Crippen LogP contribution in [0.1, 0.15) is 39.4 Å². The minimum absolute atomic E-state index is 0.0662. The van der Waals surface area contributed by atoms with Gasteiger partial charge in [0.15, 0.2) is 0 Å². The second kappa shape index (κ2) is 6.16. The van der Waals surface area contributed by atoms with Crippen LogP contribution in [0.2, 0.25) is 0 Å². The minimum Gasteiger partial charge on any atom is -0.369 e. The lowest BCUT2D eigenvalue weighted by molar-refractivity contribution is -0.159. The van der Waals surface area contributed by atoms with Crippen molar-refractivity contribution in [1.82, 2.24) is 4.90 Å². The maximum absolute atomic E-state index is 12.7. The van der Waals surface area contributed by atoms with Crippen molar-refractivity contribution in [1.29, 1.82) is 0 Å². The van der Waals surface area contributed by atoms with E-state index in [2.05, 4.69) is 0 Å². The quantitative estimate of drug-likeness (QED) is 0.929. The van der Waals surface area contributed by atoms with Gasteiger partial charge in [-0.15, -0.1) is 0 Å². The van der Waals surface area contributed by atoms with Crippen LogP contribution in [0.3, 0.4) is 0 Å². The van der Waals surface area contributed by atoms with Gasteiger partial charge in [-0.3, -0.25) is 4.79 Å². The Morgan fingerprint density at radius 1 is 1.33 bits per heavy atom. The van der Waals surface area contributed by atoms with Crippen LogP contribution >= 0.6 is 0 Å². The number of amides is 1. The Morgan fingerprint density at radius 3 is 2.52 bits per heavy atom. The van der Waals surface area contributed by atoms with E-state index in [0.717, 1.165) is 5.56 Å². The summed E-state index contributed by atoms with van der Waals surface area (Å²) in [6.07, 6.45) is -0.0662. The summed E-state index contributed by atoms with van der Waals surface area (Å²) in [6, 6.07) is 9.91. The van der Waals surface area contributed by atoms with Crippen LogP contribution in [0.4, 0.5) is 0 Å². The molecule has 0 aromatic heterocycles. The van der Waals surface area contributed by atoms with Crippen molar-refractivity contribution in [2.24, 2.45) is 11.7 Å². The highest BCUT2D eigenvalue weighted by Gasteiger charge is 2.40. The number of hydrogen-bond acceptors (Lipinski definition) is 3. The van der Waals surface area contributed by atoms with E-state index in [1.165, 1.54) is 0 Å². The molecule has 3 atom stereocenters. The number of hydrogen-bond donors (Lipinski definition) is 1. The first-order chi connectivity index (χ1) is 9.83. The molecule has 1 aromatic rings. The van der Waals surface area contributed by atoms with Crippen LogP contribution in [0.25, 0.3) is 0 Å². The molecule has 1 aliphatic heterocycles. The first kappa shape index (κ1) is 16.0. The Kier molecular flexibility index (Phi) is 4.69. The lowest BCUT2D eigenvalue weighted by Gasteiger charge is -2.46. The second-order valence-electron chi connectivity index (χ2n) is 6.62. The van der Waals surface area contributed by atoms with E-state index < -0.39 is 0 Å². The molecule has 1 aliphatic rings. The van der Waals surface area contributed by atoms with Gasteiger partial charge in [-0.05, 0) is 26.3 Å². The Balaban J connectivity index is 2.19. The third-order valence-corrected chi connectivity index (χ3v) is 4.33. The normalized spacial score (nSPS) is 24.4. The summed E-state index contributed by atoms with van der Waals surface area (Å²) in [5, 5.41) is 0. The van der Waals surface area contributed by atoms with Crippen molar-refractivity contribution in [2.75, 3.05) is 13.2 Å². The molecular formula is C17H26N2O2. The highest BCUT2D eigenvalue weighted by molar-refractivity contribution is 5.80. The van der Waals surface area contributed by atoms with Crippen molar-refractivity contribution in [3.05, 3.63) is 35.9 Å². The fourth-order valence-electron chi connectivity index (χ4n) is 2.58. The molecule has 21 heavy (non-hydrogen) atoms. The summed E-state index contributed by atoms with van der Waals surface area (Å²) in [7, 11) is 0. The summed E-state index contributed by atoms with van der Waals surface area (Å²) in [5.41, 5.74) is 6.71. The summed E-state index contributed by atoms with van der Waals surface area (Å²) >= 11 is 0. The lowest BCUT2D eigenvalue weighted by Crippen LogP contribution is -2.58. The maximum Gasteiger partial charge on any atom is 0.227 e. The first-order valence-electron chi connectivity index (χ1n) is 7.56. The van der Waals surface area contributed by atoms with Gasteiger partial charge in [0.2, 0.25) is 5.91 Å². The maximum atomic E-state index is 12.7. The summed E-state index contributed by atoms with van der Waals surface area (Å²) in [4.78, 5) is 14.7. The summed E-state index contributed by atoms with van der Waals surface area (Å²) in [5.74, 6) is -0.0713. The lowest BCUT2D eigenvalue weighted by atomic mass is 9.94. The van der Waals surface area contributed by atoms with Gasteiger partial charge < -0.3 is 15.4 Å². The largest absolute Gasteiger partial charge is 0.369 e. The molecule has 1 aromatic carbocycles. The van der Waals surface area contributed by atoms with Crippen LogP contribution in [-0.2, 0) is 9.53 Å². The van der Waals surface area contributed by atoms with Gasteiger partial charge in [0, 0.05) is 6.04 Å². The van der Waals surface area contributed by atoms with Crippen molar-refractivity contribution in [3.8, 4) is 0 Å². The number of ether oxygens (including phenoxy) is 1. The van der Waals surface area contributed by atoms with E-state index in [-0.39, 0.29) is 29.5 Å². The van der Waals surface area contributed by atoms with Gasteiger partial charge in [-0.1, -0.05) is 37.3 Å². The zero-order valence-corrected chi connectivity index (χ0v) is 13.4. The van der Waals surface area contributed by atoms with Crippen LogP contribution in [0.15, 0.2) is 30.3 Å².